The minimum absolute atomic E-state index is 0.0468. The molecule has 186 valence electrons. The lowest BCUT2D eigenvalue weighted by atomic mass is 9.59. The second-order valence-electron chi connectivity index (χ2n) is 9.95. The number of fused-ring (bicyclic) bond motifs is 3. The Labute approximate surface area is 201 Å². The molecule has 1 heterocycles. The van der Waals surface area contributed by atoms with E-state index in [0.29, 0.717) is 5.56 Å². The Bertz CT molecular complexity index is 1240. The number of benzene rings is 1. The van der Waals surface area contributed by atoms with Gasteiger partial charge in [-0.25, -0.2) is 4.39 Å². The summed E-state index contributed by atoms with van der Waals surface area (Å²) >= 11 is 0. The molecule has 1 aliphatic heterocycles. The molecule has 4 aliphatic rings. The first-order valence-electron chi connectivity index (χ1n) is 11.7. The number of allylic oxidation sites excluding steroid dienone is 1. The predicted octanol–water partition coefficient (Wildman–Crippen LogP) is 1.41. The van der Waals surface area contributed by atoms with Gasteiger partial charge in [-0.15, -0.1) is 0 Å². The van der Waals surface area contributed by atoms with E-state index >= 15 is 4.39 Å². The highest BCUT2D eigenvalue weighted by molar-refractivity contribution is 6.28. The van der Waals surface area contributed by atoms with Gasteiger partial charge in [-0.05, 0) is 64.2 Å². The average molecular weight is 486 g/mol. The van der Waals surface area contributed by atoms with Crippen molar-refractivity contribution in [2.75, 3.05) is 20.6 Å². The molecule has 1 unspecified atom stereocenters. The molecule has 1 amide bonds. The Morgan fingerprint density at radius 2 is 1.94 bits per heavy atom. The number of nitrogens with one attached hydrogen (secondary N) is 1. The molecular weight excluding hydrogens is 457 g/mol. The molecule has 1 aromatic rings. The largest absolute Gasteiger partial charge is 0.510 e. The molecule has 9 nitrogen and oxygen atoms in total. The summed E-state index contributed by atoms with van der Waals surface area (Å²) in [6.45, 7) is 0.807. The van der Waals surface area contributed by atoms with Gasteiger partial charge in [0.2, 0.25) is 0 Å². The summed E-state index contributed by atoms with van der Waals surface area (Å²) in [6, 6.07) is 0.226. The van der Waals surface area contributed by atoms with Crippen molar-refractivity contribution in [1.29, 1.82) is 0 Å². The standard InChI is InChI=1S/C25H28FN3O6/c1-28-20-12-7-9-6-11-16(14(30)8-10(19(11)26)13-4-3-5-29(13)2)21(31)15(9)22(32)17(12)23(33)18(24(20)34)25(27)35/h8-9,12-13,17,20,28,30-31,34H,3-7H2,1-2H3,(H2,27,35)/t9-,12+,13?,17+,20-/m0/s1. The van der Waals surface area contributed by atoms with E-state index in [1.54, 1.807) is 0 Å². The van der Waals surface area contributed by atoms with Crippen LogP contribution in [0, 0.1) is 23.6 Å². The number of likely N-dealkylation sites (N-methyl/N-ethyl adjacent to an activating group) is 1. The van der Waals surface area contributed by atoms with Crippen LogP contribution >= 0.6 is 0 Å². The molecule has 3 aliphatic carbocycles. The Hall–Kier alpha value is -3.24. The molecule has 0 bridgehead atoms. The van der Waals surface area contributed by atoms with Gasteiger partial charge in [0.25, 0.3) is 5.91 Å². The number of Topliss-reactive ketones (excluding diaryl/α,β-unsaturated/α-hetero) is 2. The van der Waals surface area contributed by atoms with E-state index in [2.05, 4.69) is 5.32 Å². The summed E-state index contributed by atoms with van der Waals surface area (Å²) in [4.78, 5) is 40.5. The van der Waals surface area contributed by atoms with Crippen LogP contribution < -0.4 is 11.1 Å². The van der Waals surface area contributed by atoms with Crippen molar-refractivity contribution >= 4 is 23.2 Å². The van der Waals surface area contributed by atoms with E-state index in [9.17, 15) is 29.7 Å². The molecule has 6 N–H and O–H groups in total. The molecular formula is C25H28FN3O6. The van der Waals surface area contributed by atoms with Crippen molar-refractivity contribution in [3.05, 3.63) is 45.5 Å². The number of halogens is 1. The zero-order valence-corrected chi connectivity index (χ0v) is 19.5. The first-order valence-corrected chi connectivity index (χ1v) is 11.7. The molecule has 1 aromatic carbocycles. The fourth-order valence-electron chi connectivity index (χ4n) is 6.63. The maximum atomic E-state index is 15.8. The number of carbonyl (C=O) groups excluding carboxylic acids is 3. The van der Waals surface area contributed by atoms with E-state index < -0.39 is 64.2 Å². The van der Waals surface area contributed by atoms with Crippen LogP contribution in [0.15, 0.2) is 23.0 Å². The second-order valence-corrected chi connectivity index (χ2v) is 9.95. The van der Waals surface area contributed by atoms with Gasteiger partial charge in [0.15, 0.2) is 11.6 Å². The highest BCUT2D eigenvalue weighted by Crippen LogP contribution is 2.51. The first-order chi connectivity index (χ1) is 16.6. The number of ketones is 2. The highest BCUT2D eigenvalue weighted by atomic mass is 19.1. The van der Waals surface area contributed by atoms with E-state index in [0.717, 1.165) is 19.4 Å². The maximum absolute atomic E-state index is 15.8. The summed E-state index contributed by atoms with van der Waals surface area (Å²) < 4.78 is 15.8. The number of hydrogen-bond acceptors (Lipinski definition) is 8. The van der Waals surface area contributed by atoms with Gasteiger partial charge in [-0.1, -0.05) is 0 Å². The molecule has 0 spiro atoms. The number of nitrogens with zero attached hydrogens (tertiary/aromatic N) is 1. The number of aliphatic hydroxyl groups excluding tert-OH is 2. The Morgan fingerprint density at radius 3 is 2.54 bits per heavy atom. The van der Waals surface area contributed by atoms with Crippen LogP contribution in [0.25, 0.3) is 5.76 Å². The van der Waals surface area contributed by atoms with Gasteiger partial charge >= 0.3 is 0 Å². The number of phenolic OH excluding ortho intramolecular Hbond substituents is 1. The van der Waals surface area contributed by atoms with Gasteiger partial charge < -0.3 is 26.4 Å². The van der Waals surface area contributed by atoms with Crippen LogP contribution in [0.4, 0.5) is 4.39 Å². The van der Waals surface area contributed by atoms with Gasteiger partial charge in [0.05, 0.1) is 17.5 Å². The molecule has 5 atom stereocenters. The lowest BCUT2D eigenvalue weighted by Gasteiger charge is -2.44. The summed E-state index contributed by atoms with van der Waals surface area (Å²) in [6.07, 6.45) is 1.86. The van der Waals surface area contributed by atoms with Crippen LogP contribution in [-0.2, 0) is 20.8 Å². The fourth-order valence-corrected chi connectivity index (χ4v) is 6.63. The molecule has 10 heteroatoms. The first kappa shape index (κ1) is 23.5. The predicted molar refractivity (Wildman–Crippen MR) is 123 cm³/mol. The third-order valence-corrected chi connectivity index (χ3v) is 8.20. The third kappa shape index (κ3) is 3.23. The number of aliphatic hydroxyl groups is 2. The van der Waals surface area contributed by atoms with Crippen molar-refractivity contribution in [3.63, 3.8) is 0 Å². The van der Waals surface area contributed by atoms with Crippen LogP contribution in [0.5, 0.6) is 5.75 Å². The van der Waals surface area contributed by atoms with Crippen molar-refractivity contribution in [2.45, 2.75) is 37.8 Å². The normalized spacial score (nSPS) is 30.9. The number of carbonyl (C=O) groups is 3. The quantitative estimate of drug-likeness (QED) is 0.318. The SMILES string of the molecule is CN[C@@H]1C(O)=C(C(N)=O)C(=O)[C@H]2C(=O)C3=C(O)c4c(O)cc(C5CCCN5C)c(F)c4C[C@H]3C[C@H]21. The number of rotatable bonds is 3. The van der Waals surface area contributed by atoms with E-state index in [-0.39, 0.29) is 41.3 Å². The van der Waals surface area contributed by atoms with E-state index in [1.807, 2.05) is 11.9 Å². The number of likely N-dealkylation sites (tertiary alicyclic amines) is 1. The van der Waals surface area contributed by atoms with Crippen LogP contribution in [0.1, 0.15) is 42.0 Å². The molecule has 1 saturated carbocycles. The Balaban J connectivity index is 1.63. The fraction of sp³-hybridized carbons (Fsp3) is 0.480. The number of primary amides is 1. The molecule has 2 fully saturated rings. The summed E-state index contributed by atoms with van der Waals surface area (Å²) in [5, 5.41) is 35.4. The van der Waals surface area contributed by atoms with Crippen molar-refractivity contribution < 1.29 is 34.1 Å². The summed E-state index contributed by atoms with van der Waals surface area (Å²) in [7, 11) is 3.42. The Kier molecular flexibility index (Phi) is 5.48. The zero-order valence-electron chi connectivity index (χ0n) is 19.5. The van der Waals surface area contributed by atoms with Gasteiger partial charge in [-0.2, -0.15) is 0 Å². The lowest BCUT2D eigenvalue weighted by molar-refractivity contribution is -0.135. The lowest BCUT2D eigenvalue weighted by Crippen LogP contribution is -2.55. The molecule has 5 rings (SSSR count). The molecule has 1 saturated heterocycles. The number of phenols is 1. The third-order valence-electron chi connectivity index (χ3n) is 8.20. The van der Waals surface area contributed by atoms with Crippen molar-refractivity contribution in [3.8, 4) is 5.75 Å². The van der Waals surface area contributed by atoms with Crippen molar-refractivity contribution in [1.82, 2.24) is 10.2 Å². The highest BCUT2D eigenvalue weighted by Gasteiger charge is 2.55. The minimum atomic E-state index is -1.33. The van der Waals surface area contributed by atoms with Gasteiger partial charge in [-0.3, -0.25) is 19.3 Å². The second kappa shape index (κ2) is 8.17. The summed E-state index contributed by atoms with van der Waals surface area (Å²) in [5.41, 5.74) is 4.97. The van der Waals surface area contributed by atoms with E-state index in [4.69, 9.17) is 5.73 Å². The monoisotopic (exact) mass is 485 g/mol. The van der Waals surface area contributed by atoms with Crippen LogP contribution in [0.3, 0.4) is 0 Å². The molecule has 0 aromatic heterocycles. The zero-order chi connectivity index (χ0) is 25.3. The van der Waals surface area contributed by atoms with Crippen LogP contribution in [0.2, 0.25) is 0 Å². The molecule has 35 heavy (non-hydrogen) atoms. The maximum Gasteiger partial charge on any atom is 0.255 e. The molecule has 0 radical (unpaired) electrons. The summed E-state index contributed by atoms with van der Waals surface area (Å²) in [5.74, 6) is -7.31. The minimum Gasteiger partial charge on any atom is -0.510 e. The van der Waals surface area contributed by atoms with Gasteiger partial charge in [0.1, 0.15) is 28.7 Å². The Morgan fingerprint density at radius 1 is 1.23 bits per heavy atom. The van der Waals surface area contributed by atoms with Crippen molar-refractivity contribution in [2.24, 2.45) is 23.5 Å². The smallest absolute Gasteiger partial charge is 0.255 e. The van der Waals surface area contributed by atoms with Crippen LogP contribution in [-0.4, -0.2) is 64.4 Å². The number of aromatic hydroxyl groups is 1. The number of nitrogens with two attached hydrogens (primary N) is 1. The van der Waals surface area contributed by atoms with Gasteiger partial charge in [0, 0.05) is 22.7 Å². The van der Waals surface area contributed by atoms with E-state index in [1.165, 1.54) is 13.1 Å². The topological polar surface area (TPSA) is 153 Å². The number of hydrogen-bond donors (Lipinski definition) is 5. The number of amides is 1. The average Bonchev–Trinajstić information content (AvgIpc) is 3.21.